The second-order valence-electron chi connectivity index (χ2n) is 5.36. The smallest absolute Gasteiger partial charge is 0.213 e. The van der Waals surface area contributed by atoms with Gasteiger partial charge in [-0.2, -0.15) is 4.31 Å². The van der Waals surface area contributed by atoms with E-state index in [0.29, 0.717) is 24.9 Å². The molecule has 1 N–H and O–H groups in total. The molecule has 1 fully saturated rings. The van der Waals surface area contributed by atoms with E-state index in [4.69, 9.17) is 0 Å². The maximum absolute atomic E-state index is 12.7. The van der Waals surface area contributed by atoms with Crippen LogP contribution in [0.2, 0.25) is 0 Å². The number of rotatable bonds is 4. The zero-order valence-electron chi connectivity index (χ0n) is 12.1. The molecule has 1 aliphatic rings. The van der Waals surface area contributed by atoms with Gasteiger partial charge in [0.1, 0.15) is 0 Å². The van der Waals surface area contributed by atoms with Crippen molar-refractivity contribution in [3.8, 4) is 0 Å². The van der Waals surface area contributed by atoms with Gasteiger partial charge in [0.2, 0.25) is 20.0 Å². The molecule has 0 aliphatic carbocycles. The van der Waals surface area contributed by atoms with E-state index in [1.807, 2.05) is 0 Å². The third-order valence-electron chi connectivity index (χ3n) is 3.48. The van der Waals surface area contributed by atoms with Crippen LogP contribution >= 0.6 is 0 Å². The lowest BCUT2D eigenvalue weighted by molar-refractivity contribution is 0.303. The first-order chi connectivity index (χ1) is 9.70. The molecule has 1 aromatic rings. The predicted octanol–water partition coefficient (Wildman–Crippen LogP) is 0.697. The molecule has 6 nitrogen and oxygen atoms in total. The van der Waals surface area contributed by atoms with Gasteiger partial charge in [0.05, 0.1) is 11.2 Å². The first-order valence-electron chi connectivity index (χ1n) is 6.73. The van der Waals surface area contributed by atoms with Crippen molar-refractivity contribution >= 4 is 20.0 Å². The van der Waals surface area contributed by atoms with Crippen molar-refractivity contribution in [3.63, 3.8) is 0 Å². The summed E-state index contributed by atoms with van der Waals surface area (Å²) in [6, 6.07) is 6.45. The minimum absolute atomic E-state index is 0.170. The largest absolute Gasteiger partial charge is 0.243 e. The van der Waals surface area contributed by atoms with Crippen LogP contribution in [-0.4, -0.2) is 46.5 Å². The summed E-state index contributed by atoms with van der Waals surface area (Å²) in [4.78, 5) is 0.282. The molecule has 1 aliphatic heterocycles. The lowest BCUT2D eigenvalue weighted by atomic mass is 10.1. The lowest BCUT2D eigenvalue weighted by Gasteiger charge is -2.32. The molecule has 1 heterocycles. The van der Waals surface area contributed by atoms with Crippen molar-refractivity contribution in [2.24, 2.45) is 0 Å². The third-order valence-corrected chi connectivity index (χ3v) is 6.26. The average Bonchev–Trinajstić information content (AvgIpc) is 2.37. The van der Waals surface area contributed by atoms with E-state index in [-0.39, 0.29) is 17.5 Å². The van der Waals surface area contributed by atoms with Crippen LogP contribution in [0, 0.1) is 6.92 Å². The molecule has 21 heavy (non-hydrogen) atoms. The van der Waals surface area contributed by atoms with Gasteiger partial charge in [0.15, 0.2) is 0 Å². The van der Waals surface area contributed by atoms with Crippen LogP contribution in [0.5, 0.6) is 0 Å². The van der Waals surface area contributed by atoms with Gasteiger partial charge in [-0.1, -0.05) is 18.2 Å². The van der Waals surface area contributed by atoms with Crippen LogP contribution in [0.1, 0.15) is 18.4 Å². The molecule has 2 rings (SSSR count). The zero-order valence-corrected chi connectivity index (χ0v) is 13.7. The van der Waals surface area contributed by atoms with Crippen molar-refractivity contribution in [1.82, 2.24) is 9.03 Å². The van der Waals surface area contributed by atoms with Gasteiger partial charge in [-0.3, -0.25) is 0 Å². The third kappa shape index (κ3) is 4.03. The fourth-order valence-corrected chi connectivity index (χ4v) is 5.09. The second kappa shape index (κ2) is 6.04. The Hall–Kier alpha value is -0.960. The molecule has 0 bridgehead atoms. The number of sulfonamides is 2. The minimum atomic E-state index is -3.58. The first-order valence-corrected chi connectivity index (χ1v) is 10.1. The van der Waals surface area contributed by atoms with Gasteiger partial charge < -0.3 is 0 Å². The summed E-state index contributed by atoms with van der Waals surface area (Å²) in [5.74, 6) is 0. The summed E-state index contributed by atoms with van der Waals surface area (Å²) in [7, 11) is -6.92. The van der Waals surface area contributed by atoms with E-state index < -0.39 is 20.0 Å². The predicted molar refractivity (Wildman–Crippen MR) is 80.9 cm³/mol. The molecule has 0 amide bonds. The molecule has 0 aromatic heterocycles. The van der Waals surface area contributed by atoms with Gasteiger partial charge in [-0.15, -0.1) is 0 Å². The highest BCUT2D eigenvalue weighted by molar-refractivity contribution is 7.89. The number of nitrogens with one attached hydrogen (secondary N) is 1. The van der Waals surface area contributed by atoms with Crippen molar-refractivity contribution in [2.45, 2.75) is 30.7 Å². The van der Waals surface area contributed by atoms with E-state index in [2.05, 4.69) is 4.72 Å². The van der Waals surface area contributed by atoms with E-state index >= 15 is 0 Å². The topological polar surface area (TPSA) is 83.6 Å². The maximum Gasteiger partial charge on any atom is 0.243 e. The Kier molecular flexibility index (Phi) is 4.72. The molecular formula is C13H20N2O4S2. The fourth-order valence-electron chi connectivity index (χ4n) is 2.54. The van der Waals surface area contributed by atoms with Crippen molar-refractivity contribution in [2.75, 3.05) is 19.3 Å². The van der Waals surface area contributed by atoms with Crippen molar-refractivity contribution in [3.05, 3.63) is 29.8 Å². The summed E-state index contributed by atoms with van der Waals surface area (Å²) in [6.07, 6.45) is 2.37. The maximum atomic E-state index is 12.7. The lowest BCUT2D eigenvalue weighted by Crippen LogP contribution is -2.49. The van der Waals surface area contributed by atoms with E-state index in [1.165, 1.54) is 4.31 Å². The Morgan fingerprint density at radius 3 is 2.48 bits per heavy atom. The van der Waals surface area contributed by atoms with Crippen LogP contribution in [0.15, 0.2) is 29.2 Å². The number of hydrogen-bond acceptors (Lipinski definition) is 4. The monoisotopic (exact) mass is 332 g/mol. The van der Waals surface area contributed by atoms with Gasteiger partial charge in [-0.25, -0.2) is 21.6 Å². The Morgan fingerprint density at radius 2 is 1.86 bits per heavy atom. The zero-order chi connectivity index (χ0) is 15.7. The summed E-state index contributed by atoms with van der Waals surface area (Å²) in [6.45, 7) is 2.34. The molecule has 1 aromatic carbocycles. The molecule has 118 valence electrons. The molecule has 1 saturated heterocycles. The van der Waals surface area contributed by atoms with Crippen molar-refractivity contribution in [1.29, 1.82) is 0 Å². The molecule has 8 heteroatoms. The number of nitrogens with zero attached hydrogens (tertiary/aromatic N) is 1. The number of benzene rings is 1. The Labute approximate surface area is 126 Å². The first kappa shape index (κ1) is 16.4. The molecule has 0 saturated carbocycles. The Morgan fingerprint density at radius 1 is 1.19 bits per heavy atom. The SMILES string of the molecule is Cc1ccccc1S(=O)(=O)N1CCCC(NS(C)(=O)=O)C1. The molecule has 1 unspecified atom stereocenters. The van der Waals surface area contributed by atoms with E-state index in [0.717, 1.165) is 6.26 Å². The summed E-state index contributed by atoms with van der Waals surface area (Å²) >= 11 is 0. The van der Waals surface area contributed by atoms with Crippen LogP contribution in [0.3, 0.4) is 0 Å². The molecular weight excluding hydrogens is 312 g/mol. The summed E-state index contributed by atoms with van der Waals surface area (Å²) in [5, 5.41) is 0. The minimum Gasteiger partial charge on any atom is -0.213 e. The molecule has 0 spiro atoms. The van der Waals surface area contributed by atoms with E-state index in [9.17, 15) is 16.8 Å². The molecule has 1 atom stereocenters. The summed E-state index contributed by atoms with van der Waals surface area (Å²) < 4.78 is 51.8. The highest BCUT2D eigenvalue weighted by atomic mass is 32.2. The quantitative estimate of drug-likeness (QED) is 0.879. The van der Waals surface area contributed by atoms with Crippen LogP contribution in [0.4, 0.5) is 0 Å². The van der Waals surface area contributed by atoms with E-state index in [1.54, 1.807) is 31.2 Å². The second-order valence-corrected chi connectivity index (χ2v) is 9.04. The molecule has 0 radical (unpaired) electrons. The average molecular weight is 332 g/mol. The Bertz CT molecular complexity index is 713. The summed E-state index contributed by atoms with van der Waals surface area (Å²) in [5.41, 5.74) is 0.690. The van der Waals surface area contributed by atoms with Crippen LogP contribution in [-0.2, 0) is 20.0 Å². The number of aryl methyl sites for hydroxylation is 1. The number of piperidine rings is 1. The van der Waals surface area contributed by atoms with Gasteiger partial charge in [-0.05, 0) is 31.4 Å². The van der Waals surface area contributed by atoms with Crippen LogP contribution < -0.4 is 4.72 Å². The van der Waals surface area contributed by atoms with Crippen LogP contribution in [0.25, 0.3) is 0 Å². The Balaban J connectivity index is 2.23. The highest BCUT2D eigenvalue weighted by Crippen LogP contribution is 2.23. The van der Waals surface area contributed by atoms with Gasteiger partial charge in [0, 0.05) is 19.1 Å². The normalized spacial score (nSPS) is 21.3. The number of hydrogen-bond donors (Lipinski definition) is 1. The highest BCUT2D eigenvalue weighted by Gasteiger charge is 2.31. The standard InChI is InChI=1S/C13H20N2O4S2/c1-11-6-3-4-8-13(11)21(18,19)15-9-5-7-12(10-15)14-20(2,16)17/h3-4,6,8,12,14H,5,7,9-10H2,1-2H3. The van der Waals surface area contributed by atoms with Gasteiger partial charge in [0.25, 0.3) is 0 Å². The fraction of sp³-hybridized carbons (Fsp3) is 0.538. The van der Waals surface area contributed by atoms with Gasteiger partial charge >= 0.3 is 0 Å². The van der Waals surface area contributed by atoms with Crippen molar-refractivity contribution < 1.29 is 16.8 Å².